The Hall–Kier alpha value is -7.75. The van der Waals surface area contributed by atoms with Gasteiger partial charge in [0, 0.05) is 33.1 Å². The molecule has 3 heteroatoms. The van der Waals surface area contributed by atoms with Crippen LogP contribution in [0.15, 0.2) is 211 Å². The Kier molecular flexibility index (Phi) is 7.60. The van der Waals surface area contributed by atoms with Gasteiger partial charge in [-0.1, -0.05) is 140 Å². The molecule has 59 heavy (non-hydrogen) atoms. The number of hydrogen-bond acceptors (Lipinski definition) is 2. The molecule has 0 amide bonds. The molecule has 0 saturated heterocycles. The Morgan fingerprint density at radius 1 is 0.441 bits per heavy atom. The van der Waals surface area contributed by atoms with Gasteiger partial charge < -0.3 is 9.32 Å². The van der Waals surface area contributed by atoms with Crippen LogP contribution in [0.3, 0.4) is 0 Å². The van der Waals surface area contributed by atoms with Crippen molar-refractivity contribution in [3.63, 3.8) is 0 Å². The monoisotopic (exact) mass is 753 g/mol. The third-order valence-corrected chi connectivity index (χ3v) is 12.1. The molecule has 0 saturated carbocycles. The molecule has 0 aliphatic carbocycles. The predicted octanol–water partition coefficient (Wildman–Crippen LogP) is 12.7. The average Bonchev–Trinajstić information content (AvgIpc) is 3.84. The first-order chi connectivity index (χ1) is 29.2. The van der Waals surface area contributed by atoms with Crippen molar-refractivity contribution in [3.05, 3.63) is 233 Å². The lowest BCUT2D eigenvalue weighted by molar-refractivity contribution is -0.448. The second-order valence-corrected chi connectivity index (χ2v) is 15.5. The lowest BCUT2D eigenvalue weighted by Gasteiger charge is -2.26. The molecule has 12 rings (SSSR count). The van der Waals surface area contributed by atoms with E-state index in [2.05, 4.69) is 216 Å². The number of hydrogen-bond donors (Lipinski definition) is 0. The van der Waals surface area contributed by atoms with Gasteiger partial charge in [-0.2, -0.15) is 4.58 Å². The van der Waals surface area contributed by atoms with Crippen LogP contribution in [-0.4, -0.2) is 10.3 Å². The van der Waals surface area contributed by atoms with Crippen LogP contribution in [0, 0.1) is 0 Å². The summed E-state index contributed by atoms with van der Waals surface area (Å²) >= 11 is 0. The normalized spacial score (nSPS) is 14.1. The number of fused-ring (bicyclic) bond motifs is 8. The number of furan rings is 1. The van der Waals surface area contributed by atoms with Crippen LogP contribution in [-0.2, 0) is 0 Å². The maximum absolute atomic E-state index is 6.39. The summed E-state index contributed by atoms with van der Waals surface area (Å²) in [5.74, 6) is 0. The average molecular weight is 754 g/mol. The van der Waals surface area contributed by atoms with Crippen LogP contribution in [0.5, 0.6) is 0 Å². The zero-order valence-corrected chi connectivity index (χ0v) is 32.2. The largest absolute Gasteiger partial charge is 0.456 e. The molecule has 0 bridgehead atoms. The zero-order valence-electron chi connectivity index (χ0n) is 32.2. The molecular formula is C56H37N2O+. The minimum absolute atomic E-state index is 0.169. The van der Waals surface area contributed by atoms with E-state index in [9.17, 15) is 0 Å². The van der Waals surface area contributed by atoms with E-state index in [1.54, 1.807) is 0 Å². The van der Waals surface area contributed by atoms with Crippen LogP contribution in [0.4, 0.5) is 17.1 Å². The van der Waals surface area contributed by atoms with E-state index in [4.69, 9.17) is 4.42 Å². The highest BCUT2D eigenvalue weighted by Gasteiger charge is 2.38. The molecule has 2 aliphatic rings. The summed E-state index contributed by atoms with van der Waals surface area (Å²) in [6.45, 7) is 0. The smallest absolute Gasteiger partial charge is 0.221 e. The minimum atomic E-state index is 0.169. The second kappa shape index (κ2) is 13.4. The van der Waals surface area contributed by atoms with E-state index in [0.717, 1.165) is 39.0 Å². The highest BCUT2D eigenvalue weighted by Crippen LogP contribution is 2.44. The van der Waals surface area contributed by atoms with E-state index >= 15 is 0 Å². The van der Waals surface area contributed by atoms with Gasteiger partial charge in [0.05, 0.1) is 16.6 Å². The van der Waals surface area contributed by atoms with Crippen molar-refractivity contribution in [1.29, 1.82) is 0 Å². The molecule has 1 atom stereocenters. The van der Waals surface area contributed by atoms with Gasteiger partial charge in [-0.25, -0.2) is 0 Å². The first kappa shape index (κ1) is 33.4. The number of benzene rings is 9. The molecule has 10 aromatic rings. The summed E-state index contributed by atoms with van der Waals surface area (Å²) in [4.78, 5) is 2.36. The summed E-state index contributed by atoms with van der Waals surface area (Å²) in [5.41, 5.74) is 14.9. The van der Waals surface area contributed by atoms with E-state index < -0.39 is 0 Å². The summed E-state index contributed by atoms with van der Waals surface area (Å²) in [7, 11) is 0. The van der Waals surface area contributed by atoms with E-state index in [1.807, 2.05) is 12.1 Å². The lowest BCUT2D eigenvalue weighted by Crippen LogP contribution is -2.33. The molecule has 0 radical (unpaired) electrons. The first-order valence-corrected chi connectivity index (χ1v) is 20.3. The fourth-order valence-electron chi connectivity index (χ4n) is 9.39. The number of anilines is 3. The van der Waals surface area contributed by atoms with Gasteiger partial charge in [-0.3, -0.25) is 0 Å². The zero-order chi connectivity index (χ0) is 38.9. The SMILES string of the molecule is C1=c2ccc(-c3ccc(N(c4ccc(-c5cccc6ccccc56)cc4)c4cccc5oc6ccccc6c45)cc3)cc2=C[N+]2=C(c3ccccc3)c3ccccc3C12. The quantitative estimate of drug-likeness (QED) is 0.158. The molecule has 0 fully saturated rings. The summed E-state index contributed by atoms with van der Waals surface area (Å²) in [5, 5.41) is 7.17. The van der Waals surface area contributed by atoms with Gasteiger partial charge in [-0.05, 0) is 111 Å². The fourth-order valence-corrected chi connectivity index (χ4v) is 9.39. The van der Waals surface area contributed by atoms with Crippen molar-refractivity contribution < 1.29 is 8.99 Å². The number of nitrogens with zero attached hydrogens (tertiary/aromatic N) is 2. The van der Waals surface area contributed by atoms with Crippen molar-refractivity contribution in [3.8, 4) is 22.3 Å². The molecule has 3 heterocycles. The van der Waals surface area contributed by atoms with Gasteiger partial charge in [0.25, 0.3) is 0 Å². The molecular weight excluding hydrogens is 717 g/mol. The van der Waals surface area contributed by atoms with Crippen LogP contribution in [0.1, 0.15) is 22.7 Å². The number of para-hydroxylation sites is 1. The highest BCUT2D eigenvalue weighted by molar-refractivity contribution is 6.14. The van der Waals surface area contributed by atoms with Gasteiger partial charge >= 0.3 is 0 Å². The molecule has 9 aromatic carbocycles. The van der Waals surface area contributed by atoms with Gasteiger partial charge in [0.1, 0.15) is 11.2 Å². The van der Waals surface area contributed by atoms with Gasteiger partial charge in [0.2, 0.25) is 11.8 Å². The van der Waals surface area contributed by atoms with Crippen molar-refractivity contribution in [1.82, 2.24) is 0 Å². The predicted molar refractivity (Wildman–Crippen MR) is 244 cm³/mol. The third kappa shape index (κ3) is 5.47. The maximum Gasteiger partial charge on any atom is 0.221 e. The number of rotatable bonds is 6. The van der Waals surface area contributed by atoms with Crippen molar-refractivity contribution in [2.75, 3.05) is 4.90 Å². The molecule has 1 unspecified atom stereocenters. The topological polar surface area (TPSA) is 19.4 Å². The Balaban J connectivity index is 0.966. The molecule has 1 aromatic heterocycles. The Labute approximate surface area is 342 Å². The highest BCUT2D eigenvalue weighted by atomic mass is 16.3. The Morgan fingerprint density at radius 2 is 1.08 bits per heavy atom. The second-order valence-electron chi connectivity index (χ2n) is 15.5. The van der Waals surface area contributed by atoms with Crippen molar-refractivity contribution in [2.45, 2.75) is 6.04 Å². The van der Waals surface area contributed by atoms with Crippen molar-refractivity contribution in [2.24, 2.45) is 0 Å². The summed E-state index contributed by atoms with van der Waals surface area (Å²) < 4.78 is 8.85. The minimum Gasteiger partial charge on any atom is -0.456 e. The van der Waals surface area contributed by atoms with Crippen LogP contribution >= 0.6 is 0 Å². The maximum atomic E-state index is 6.39. The van der Waals surface area contributed by atoms with Crippen LogP contribution < -0.4 is 15.3 Å². The molecule has 2 aliphatic heterocycles. The molecule has 0 spiro atoms. The van der Waals surface area contributed by atoms with Crippen LogP contribution in [0.2, 0.25) is 0 Å². The van der Waals surface area contributed by atoms with Gasteiger partial charge in [-0.15, -0.1) is 0 Å². The fraction of sp³-hybridized carbons (Fsp3) is 0.0179. The first-order valence-electron chi connectivity index (χ1n) is 20.3. The Bertz CT molecular complexity index is 3430. The summed E-state index contributed by atoms with van der Waals surface area (Å²) in [6, 6.07) is 74.5. The van der Waals surface area contributed by atoms with E-state index in [0.29, 0.717) is 0 Å². The van der Waals surface area contributed by atoms with Crippen molar-refractivity contribution >= 4 is 67.8 Å². The third-order valence-electron chi connectivity index (χ3n) is 12.1. The molecule has 3 nitrogen and oxygen atoms in total. The standard InChI is InChI=1S/C56H37N2O/c1-2-13-40(14-3-1)56-49-18-7-6-17-48(49)52-35-42-25-24-41(34-43(42)36-57(52)56)37-26-30-44(31-27-37)58(51-21-11-23-54-55(51)50-19-8-9-22-53(50)59-54)45-32-28-39(29-33-45)47-20-10-15-38-12-4-5-16-46(38)47/h1-36,52H/q+1. The van der Waals surface area contributed by atoms with Crippen LogP contribution in [0.25, 0.3) is 67.2 Å². The van der Waals surface area contributed by atoms with E-state index in [-0.39, 0.29) is 6.04 Å². The molecule has 276 valence electrons. The van der Waals surface area contributed by atoms with Gasteiger partial charge in [0.15, 0.2) is 6.20 Å². The Morgan fingerprint density at radius 3 is 1.93 bits per heavy atom. The van der Waals surface area contributed by atoms with E-state index in [1.165, 1.54) is 65.9 Å². The lowest BCUT2D eigenvalue weighted by atomic mass is 9.96. The summed E-state index contributed by atoms with van der Waals surface area (Å²) in [6.07, 6.45) is 4.76. The molecule has 0 N–H and O–H groups in total.